The normalized spacial score (nSPS) is 11.4. The highest BCUT2D eigenvalue weighted by atomic mass is 32.2. The topological polar surface area (TPSA) is 80.9 Å². The molecule has 0 fully saturated rings. The average molecular weight is 254 g/mol. The first kappa shape index (κ1) is 13.9. The van der Waals surface area contributed by atoms with E-state index in [1.807, 2.05) is 33.8 Å². The number of hydrogen-bond acceptors (Lipinski definition) is 5. The summed E-state index contributed by atoms with van der Waals surface area (Å²) >= 11 is 1.46. The van der Waals surface area contributed by atoms with E-state index in [0.29, 0.717) is 10.9 Å². The Bertz CT molecular complexity index is 400. The molecule has 0 saturated carbocycles. The van der Waals surface area contributed by atoms with Gasteiger partial charge in [0, 0.05) is 17.1 Å². The predicted molar refractivity (Wildman–Crippen MR) is 68.3 cm³/mol. The summed E-state index contributed by atoms with van der Waals surface area (Å²) in [6.45, 7) is 7.53. The molecule has 6 heteroatoms. The molecule has 17 heavy (non-hydrogen) atoms. The van der Waals surface area contributed by atoms with Gasteiger partial charge in [-0.25, -0.2) is 15.8 Å². The maximum Gasteiger partial charge on any atom is 0.240 e. The SMILES string of the molecule is Cc1cc(C)nc(SCC(C)(C)C(=O)NN)n1. The van der Waals surface area contributed by atoms with Crippen LogP contribution in [-0.2, 0) is 4.79 Å². The molecule has 0 radical (unpaired) electrons. The van der Waals surface area contributed by atoms with Crippen LogP contribution in [0.15, 0.2) is 11.2 Å². The third kappa shape index (κ3) is 3.98. The van der Waals surface area contributed by atoms with Crippen LogP contribution in [0.1, 0.15) is 25.2 Å². The second-order valence-corrected chi connectivity index (χ2v) is 5.52. The lowest BCUT2D eigenvalue weighted by Gasteiger charge is -2.21. The molecule has 0 aromatic carbocycles. The van der Waals surface area contributed by atoms with Gasteiger partial charge in [-0.3, -0.25) is 10.2 Å². The predicted octanol–water partition coefficient (Wildman–Crippen LogP) is 1.20. The van der Waals surface area contributed by atoms with Gasteiger partial charge < -0.3 is 0 Å². The van der Waals surface area contributed by atoms with Crippen molar-refractivity contribution in [1.82, 2.24) is 15.4 Å². The molecule has 3 N–H and O–H groups in total. The molecule has 94 valence electrons. The summed E-state index contributed by atoms with van der Waals surface area (Å²) in [4.78, 5) is 20.1. The first-order valence-corrected chi connectivity index (χ1v) is 6.30. The van der Waals surface area contributed by atoms with Crippen molar-refractivity contribution in [3.05, 3.63) is 17.5 Å². The Morgan fingerprint density at radius 3 is 2.41 bits per heavy atom. The zero-order valence-corrected chi connectivity index (χ0v) is 11.4. The van der Waals surface area contributed by atoms with Gasteiger partial charge in [0.15, 0.2) is 5.16 Å². The molecule has 0 unspecified atom stereocenters. The molecule has 0 aliphatic heterocycles. The van der Waals surface area contributed by atoms with E-state index in [1.54, 1.807) is 0 Å². The maximum atomic E-state index is 11.5. The highest BCUT2D eigenvalue weighted by Crippen LogP contribution is 2.25. The zero-order valence-electron chi connectivity index (χ0n) is 10.6. The largest absolute Gasteiger partial charge is 0.294 e. The van der Waals surface area contributed by atoms with E-state index >= 15 is 0 Å². The van der Waals surface area contributed by atoms with Crippen LogP contribution in [-0.4, -0.2) is 21.6 Å². The second kappa shape index (κ2) is 5.46. The summed E-state index contributed by atoms with van der Waals surface area (Å²) in [7, 11) is 0. The fourth-order valence-corrected chi connectivity index (χ4v) is 2.30. The standard InChI is InChI=1S/C11H18N4OS/c1-7-5-8(2)14-10(13-7)17-6-11(3,4)9(16)15-12/h5H,6,12H2,1-4H3,(H,15,16). The van der Waals surface area contributed by atoms with Crippen molar-refractivity contribution in [3.63, 3.8) is 0 Å². The van der Waals surface area contributed by atoms with E-state index in [-0.39, 0.29) is 5.91 Å². The molecule has 1 heterocycles. The van der Waals surface area contributed by atoms with Gasteiger partial charge in [0.25, 0.3) is 0 Å². The van der Waals surface area contributed by atoms with Crippen LogP contribution >= 0.6 is 11.8 Å². The number of carbonyl (C=O) groups excluding carboxylic acids is 1. The lowest BCUT2D eigenvalue weighted by atomic mass is 9.96. The van der Waals surface area contributed by atoms with Gasteiger partial charge in [0.1, 0.15) is 0 Å². The molecule has 5 nitrogen and oxygen atoms in total. The van der Waals surface area contributed by atoms with Crippen LogP contribution in [0.4, 0.5) is 0 Å². The van der Waals surface area contributed by atoms with Gasteiger partial charge in [0.05, 0.1) is 5.41 Å². The summed E-state index contributed by atoms with van der Waals surface area (Å²) in [5.74, 6) is 5.53. The molecule has 1 amide bonds. The van der Waals surface area contributed by atoms with Crippen LogP contribution in [0.3, 0.4) is 0 Å². The Morgan fingerprint density at radius 2 is 1.94 bits per heavy atom. The van der Waals surface area contributed by atoms with E-state index in [1.165, 1.54) is 11.8 Å². The first-order chi connectivity index (χ1) is 7.85. The molecule has 0 spiro atoms. The Morgan fingerprint density at radius 1 is 1.41 bits per heavy atom. The van der Waals surface area contributed by atoms with Gasteiger partial charge in [-0.15, -0.1) is 0 Å². The number of aromatic nitrogens is 2. The van der Waals surface area contributed by atoms with Crippen molar-refractivity contribution in [3.8, 4) is 0 Å². The number of hydrogen-bond donors (Lipinski definition) is 2. The third-order valence-corrected chi connectivity index (χ3v) is 3.58. The number of aryl methyl sites for hydroxylation is 2. The quantitative estimate of drug-likeness (QED) is 0.277. The number of nitrogens with one attached hydrogen (secondary N) is 1. The summed E-state index contributed by atoms with van der Waals surface area (Å²) in [6.07, 6.45) is 0. The summed E-state index contributed by atoms with van der Waals surface area (Å²) < 4.78 is 0. The highest BCUT2D eigenvalue weighted by Gasteiger charge is 2.27. The van der Waals surface area contributed by atoms with E-state index in [0.717, 1.165) is 11.4 Å². The van der Waals surface area contributed by atoms with E-state index < -0.39 is 5.41 Å². The number of amides is 1. The fraction of sp³-hybridized carbons (Fsp3) is 0.545. The van der Waals surface area contributed by atoms with Crippen LogP contribution < -0.4 is 11.3 Å². The summed E-state index contributed by atoms with van der Waals surface area (Å²) in [6, 6.07) is 1.92. The van der Waals surface area contributed by atoms with Crippen molar-refractivity contribution in [2.24, 2.45) is 11.3 Å². The maximum absolute atomic E-state index is 11.5. The van der Waals surface area contributed by atoms with Gasteiger partial charge in [0.2, 0.25) is 5.91 Å². The molecule has 0 bridgehead atoms. The van der Waals surface area contributed by atoms with Crippen LogP contribution in [0.5, 0.6) is 0 Å². The molecule has 0 aliphatic carbocycles. The Balaban J connectivity index is 2.70. The minimum absolute atomic E-state index is 0.186. The zero-order chi connectivity index (χ0) is 13.1. The smallest absolute Gasteiger partial charge is 0.240 e. The molecule has 1 aromatic rings. The van der Waals surface area contributed by atoms with Crippen molar-refractivity contribution < 1.29 is 4.79 Å². The second-order valence-electron chi connectivity index (χ2n) is 4.58. The highest BCUT2D eigenvalue weighted by molar-refractivity contribution is 7.99. The van der Waals surface area contributed by atoms with Gasteiger partial charge in [-0.05, 0) is 19.9 Å². The molecule has 1 aromatic heterocycles. The van der Waals surface area contributed by atoms with E-state index in [2.05, 4.69) is 15.4 Å². The van der Waals surface area contributed by atoms with Gasteiger partial charge in [-0.2, -0.15) is 0 Å². The number of hydrazine groups is 1. The molecule has 1 rings (SSSR count). The molecule has 0 atom stereocenters. The minimum atomic E-state index is -0.541. The molecule has 0 aliphatic rings. The van der Waals surface area contributed by atoms with Crippen LogP contribution in [0.2, 0.25) is 0 Å². The Kier molecular flexibility index (Phi) is 4.47. The van der Waals surface area contributed by atoms with E-state index in [9.17, 15) is 4.79 Å². The van der Waals surface area contributed by atoms with Gasteiger partial charge in [-0.1, -0.05) is 25.6 Å². The van der Waals surface area contributed by atoms with Crippen LogP contribution in [0.25, 0.3) is 0 Å². The summed E-state index contributed by atoms with van der Waals surface area (Å²) in [5, 5.41) is 0.695. The molecular formula is C11H18N4OS. The molecular weight excluding hydrogens is 236 g/mol. The number of nitrogens with zero attached hydrogens (tertiary/aromatic N) is 2. The number of nitrogens with two attached hydrogens (primary N) is 1. The van der Waals surface area contributed by atoms with Crippen LogP contribution in [0, 0.1) is 19.3 Å². The van der Waals surface area contributed by atoms with E-state index in [4.69, 9.17) is 5.84 Å². The van der Waals surface area contributed by atoms with Crippen molar-refractivity contribution in [1.29, 1.82) is 0 Å². The Hall–Kier alpha value is -1.14. The Labute approximate surface area is 106 Å². The fourth-order valence-electron chi connectivity index (χ4n) is 1.26. The average Bonchev–Trinajstić information content (AvgIpc) is 2.24. The first-order valence-electron chi connectivity index (χ1n) is 5.31. The van der Waals surface area contributed by atoms with Crippen molar-refractivity contribution >= 4 is 17.7 Å². The van der Waals surface area contributed by atoms with Crippen molar-refractivity contribution in [2.75, 3.05) is 5.75 Å². The third-order valence-electron chi connectivity index (χ3n) is 2.27. The van der Waals surface area contributed by atoms with Gasteiger partial charge >= 0.3 is 0 Å². The monoisotopic (exact) mass is 254 g/mol. The van der Waals surface area contributed by atoms with Crippen molar-refractivity contribution in [2.45, 2.75) is 32.9 Å². The number of carbonyl (C=O) groups is 1. The number of rotatable bonds is 4. The number of thioether (sulfide) groups is 1. The lowest BCUT2D eigenvalue weighted by molar-refractivity contribution is -0.128. The lowest BCUT2D eigenvalue weighted by Crippen LogP contribution is -2.42. The minimum Gasteiger partial charge on any atom is -0.294 e. The summed E-state index contributed by atoms with van der Waals surface area (Å²) in [5.41, 5.74) is 3.49. The molecule has 0 saturated heterocycles.